The molecule has 0 saturated heterocycles. The summed E-state index contributed by atoms with van der Waals surface area (Å²) >= 11 is 0. The molecule has 0 aliphatic carbocycles. The Bertz CT molecular complexity index is 173. The standard InChI is InChI=1S/C9H16N4/c1-2-12-6-3-7-13(8-4-10)9-5-11/h12H,2-3,6-9H2,1H3. The molecule has 0 rings (SSSR count). The van der Waals surface area contributed by atoms with E-state index in [0.717, 1.165) is 26.1 Å². The number of hydrogen-bond acceptors (Lipinski definition) is 4. The van der Waals surface area contributed by atoms with Crippen LogP contribution in [0.25, 0.3) is 0 Å². The molecular weight excluding hydrogens is 164 g/mol. The van der Waals surface area contributed by atoms with Crippen LogP contribution in [0.2, 0.25) is 0 Å². The van der Waals surface area contributed by atoms with E-state index in [1.807, 2.05) is 17.0 Å². The van der Waals surface area contributed by atoms with Crippen molar-refractivity contribution in [1.82, 2.24) is 10.2 Å². The summed E-state index contributed by atoms with van der Waals surface area (Å²) in [6.45, 7) is 5.48. The summed E-state index contributed by atoms with van der Waals surface area (Å²) in [5.41, 5.74) is 0. The van der Waals surface area contributed by atoms with E-state index < -0.39 is 0 Å². The van der Waals surface area contributed by atoms with Gasteiger partial charge in [0.25, 0.3) is 0 Å². The molecule has 0 aliphatic rings. The highest BCUT2D eigenvalue weighted by Gasteiger charge is 2.01. The Labute approximate surface area is 79.8 Å². The molecule has 0 spiro atoms. The number of nitrogens with one attached hydrogen (secondary N) is 1. The van der Waals surface area contributed by atoms with Crippen LogP contribution in [0.5, 0.6) is 0 Å². The van der Waals surface area contributed by atoms with E-state index in [9.17, 15) is 0 Å². The van der Waals surface area contributed by atoms with Gasteiger partial charge in [0.1, 0.15) is 0 Å². The monoisotopic (exact) mass is 180 g/mol. The molecule has 0 atom stereocenters. The molecule has 0 saturated carbocycles. The van der Waals surface area contributed by atoms with Crippen LogP contribution in [0.15, 0.2) is 0 Å². The fraction of sp³-hybridized carbons (Fsp3) is 0.778. The molecule has 0 aromatic rings. The second-order valence-electron chi connectivity index (χ2n) is 2.73. The molecule has 72 valence electrons. The van der Waals surface area contributed by atoms with Crippen molar-refractivity contribution in [3.63, 3.8) is 0 Å². The summed E-state index contributed by atoms with van der Waals surface area (Å²) in [6.07, 6.45) is 0.983. The van der Waals surface area contributed by atoms with Gasteiger partial charge in [-0.1, -0.05) is 6.92 Å². The van der Waals surface area contributed by atoms with Crippen LogP contribution in [0.3, 0.4) is 0 Å². The summed E-state index contributed by atoms with van der Waals surface area (Å²) in [7, 11) is 0. The smallest absolute Gasteiger partial charge is 0.0874 e. The first-order valence-electron chi connectivity index (χ1n) is 4.52. The molecule has 0 aromatic carbocycles. The quantitative estimate of drug-likeness (QED) is 0.453. The number of hydrogen-bond donors (Lipinski definition) is 1. The van der Waals surface area contributed by atoms with Gasteiger partial charge in [0.2, 0.25) is 0 Å². The van der Waals surface area contributed by atoms with E-state index in [4.69, 9.17) is 10.5 Å². The van der Waals surface area contributed by atoms with Crippen molar-refractivity contribution in [1.29, 1.82) is 10.5 Å². The lowest BCUT2D eigenvalue weighted by molar-refractivity contribution is 0.335. The molecule has 0 amide bonds. The zero-order valence-corrected chi connectivity index (χ0v) is 8.08. The predicted molar refractivity (Wildman–Crippen MR) is 50.8 cm³/mol. The molecule has 13 heavy (non-hydrogen) atoms. The van der Waals surface area contributed by atoms with Gasteiger partial charge in [-0.2, -0.15) is 10.5 Å². The molecule has 4 nitrogen and oxygen atoms in total. The van der Waals surface area contributed by atoms with Crippen LogP contribution in [-0.2, 0) is 0 Å². The van der Waals surface area contributed by atoms with Crippen molar-refractivity contribution >= 4 is 0 Å². The normalized spacial score (nSPS) is 9.54. The van der Waals surface area contributed by atoms with Crippen LogP contribution in [0.1, 0.15) is 13.3 Å². The van der Waals surface area contributed by atoms with Gasteiger partial charge in [-0.3, -0.25) is 4.90 Å². The van der Waals surface area contributed by atoms with Gasteiger partial charge in [-0.15, -0.1) is 0 Å². The highest BCUT2D eigenvalue weighted by atomic mass is 15.1. The molecule has 1 N–H and O–H groups in total. The third kappa shape index (κ3) is 7.27. The highest BCUT2D eigenvalue weighted by molar-refractivity contribution is 4.83. The van der Waals surface area contributed by atoms with Crippen LogP contribution in [-0.4, -0.2) is 37.6 Å². The Morgan fingerprint density at radius 2 is 1.85 bits per heavy atom. The molecule has 0 aromatic heterocycles. The second kappa shape index (κ2) is 8.99. The van der Waals surface area contributed by atoms with Crippen LogP contribution in [0.4, 0.5) is 0 Å². The zero-order valence-electron chi connectivity index (χ0n) is 8.08. The summed E-state index contributed by atoms with van der Waals surface area (Å²) < 4.78 is 0. The lowest BCUT2D eigenvalue weighted by Gasteiger charge is -2.14. The average molecular weight is 180 g/mol. The van der Waals surface area contributed by atoms with Crippen molar-refractivity contribution in [2.75, 3.05) is 32.7 Å². The van der Waals surface area contributed by atoms with Gasteiger partial charge >= 0.3 is 0 Å². The largest absolute Gasteiger partial charge is 0.317 e. The third-order valence-electron chi connectivity index (χ3n) is 1.67. The summed E-state index contributed by atoms with van der Waals surface area (Å²) in [4.78, 5) is 1.84. The first-order valence-corrected chi connectivity index (χ1v) is 4.52. The molecule has 4 heteroatoms. The predicted octanol–water partition coefficient (Wildman–Crippen LogP) is 0.335. The minimum atomic E-state index is 0.347. The van der Waals surface area contributed by atoms with Gasteiger partial charge in [-0.05, 0) is 19.5 Å². The fourth-order valence-corrected chi connectivity index (χ4v) is 1.02. The Hall–Kier alpha value is -1.10. The first-order chi connectivity index (χ1) is 6.35. The number of nitriles is 2. The Kier molecular flexibility index (Phi) is 8.23. The van der Waals surface area contributed by atoms with Gasteiger partial charge in [0.15, 0.2) is 0 Å². The van der Waals surface area contributed by atoms with E-state index in [0.29, 0.717) is 13.1 Å². The maximum absolute atomic E-state index is 8.45. The van der Waals surface area contributed by atoms with Gasteiger partial charge in [-0.25, -0.2) is 0 Å². The van der Waals surface area contributed by atoms with Crippen LogP contribution in [0, 0.1) is 22.7 Å². The van der Waals surface area contributed by atoms with Gasteiger partial charge in [0.05, 0.1) is 25.2 Å². The molecule has 0 bridgehead atoms. The average Bonchev–Trinajstić information content (AvgIpc) is 2.13. The SMILES string of the molecule is CCNCCCN(CC#N)CC#N. The van der Waals surface area contributed by atoms with E-state index in [1.165, 1.54) is 0 Å². The van der Waals surface area contributed by atoms with Gasteiger partial charge in [0, 0.05) is 6.54 Å². The molecule has 0 aliphatic heterocycles. The van der Waals surface area contributed by atoms with E-state index in [1.54, 1.807) is 0 Å². The zero-order chi connectivity index (χ0) is 9.94. The minimum absolute atomic E-state index is 0.347. The maximum atomic E-state index is 8.45. The Morgan fingerprint density at radius 1 is 1.23 bits per heavy atom. The summed E-state index contributed by atoms with van der Waals surface area (Å²) in [5, 5.41) is 20.1. The lowest BCUT2D eigenvalue weighted by Crippen LogP contribution is -2.28. The van der Waals surface area contributed by atoms with Crippen molar-refractivity contribution in [3.8, 4) is 12.1 Å². The van der Waals surface area contributed by atoms with E-state index >= 15 is 0 Å². The number of rotatable bonds is 7. The number of nitrogens with zero attached hydrogens (tertiary/aromatic N) is 3. The van der Waals surface area contributed by atoms with Gasteiger partial charge < -0.3 is 5.32 Å². The molecular formula is C9H16N4. The Balaban J connectivity index is 3.47. The van der Waals surface area contributed by atoms with Crippen molar-refractivity contribution in [2.45, 2.75) is 13.3 Å². The van der Waals surface area contributed by atoms with E-state index in [-0.39, 0.29) is 0 Å². The molecule has 0 radical (unpaired) electrons. The highest BCUT2D eigenvalue weighted by Crippen LogP contribution is 1.88. The maximum Gasteiger partial charge on any atom is 0.0874 e. The molecule has 0 fully saturated rings. The van der Waals surface area contributed by atoms with E-state index in [2.05, 4.69) is 12.2 Å². The van der Waals surface area contributed by atoms with Crippen LogP contribution >= 0.6 is 0 Å². The van der Waals surface area contributed by atoms with Crippen LogP contribution < -0.4 is 5.32 Å². The molecule has 0 heterocycles. The molecule has 0 unspecified atom stereocenters. The third-order valence-corrected chi connectivity index (χ3v) is 1.67. The summed E-state index contributed by atoms with van der Waals surface area (Å²) in [6, 6.07) is 4.10. The van der Waals surface area contributed by atoms with Crippen molar-refractivity contribution in [2.24, 2.45) is 0 Å². The van der Waals surface area contributed by atoms with Crippen molar-refractivity contribution in [3.05, 3.63) is 0 Å². The Morgan fingerprint density at radius 3 is 2.31 bits per heavy atom. The first kappa shape index (κ1) is 11.9. The fourth-order valence-electron chi connectivity index (χ4n) is 1.02. The lowest BCUT2D eigenvalue weighted by atomic mass is 10.3. The second-order valence-corrected chi connectivity index (χ2v) is 2.73. The summed E-state index contributed by atoms with van der Waals surface area (Å²) in [5.74, 6) is 0. The van der Waals surface area contributed by atoms with Crippen molar-refractivity contribution < 1.29 is 0 Å². The minimum Gasteiger partial charge on any atom is -0.317 e. The topological polar surface area (TPSA) is 62.9 Å².